The van der Waals surface area contributed by atoms with Crippen molar-refractivity contribution in [3.63, 3.8) is 0 Å². The van der Waals surface area contributed by atoms with Crippen LogP contribution in [0.25, 0.3) is 11.4 Å². The SMILES string of the molecule is COc1ccc(-c2noc(CCCC(=O)NC(CN)CC(C)C)n2)cc1.Cl. The molecule has 0 bridgehead atoms. The topological polar surface area (TPSA) is 103 Å². The zero-order chi connectivity index (χ0) is 18.9. The Bertz CT molecular complexity index is 689. The first-order chi connectivity index (χ1) is 12.5. The Morgan fingerprint density at radius 2 is 2.00 bits per heavy atom. The maximum Gasteiger partial charge on any atom is 0.226 e. The van der Waals surface area contributed by atoms with E-state index >= 15 is 0 Å². The van der Waals surface area contributed by atoms with Crippen molar-refractivity contribution in [2.24, 2.45) is 11.7 Å². The lowest BCUT2D eigenvalue weighted by atomic mass is 10.0. The van der Waals surface area contributed by atoms with Crippen molar-refractivity contribution < 1.29 is 14.1 Å². The number of benzene rings is 1. The Morgan fingerprint density at radius 3 is 2.59 bits per heavy atom. The maximum absolute atomic E-state index is 12.0. The number of rotatable bonds is 10. The van der Waals surface area contributed by atoms with Crippen molar-refractivity contribution in [1.82, 2.24) is 15.5 Å². The van der Waals surface area contributed by atoms with Crippen LogP contribution in [0.4, 0.5) is 0 Å². The minimum atomic E-state index is 0. The van der Waals surface area contributed by atoms with Crippen LogP contribution in [-0.4, -0.2) is 35.7 Å². The van der Waals surface area contributed by atoms with Gasteiger partial charge in [-0.05, 0) is 43.0 Å². The number of nitrogens with two attached hydrogens (primary N) is 1. The molecular formula is C19H29ClN4O3. The molecule has 1 amide bonds. The molecule has 1 aromatic carbocycles. The third-order valence-electron chi connectivity index (χ3n) is 4.02. The maximum atomic E-state index is 12.0. The normalized spacial score (nSPS) is 11.7. The number of nitrogens with zero attached hydrogens (tertiary/aromatic N) is 2. The van der Waals surface area contributed by atoms with Crippen molar-refractivity contribution >= 4 is 18.3 Å². The number of carbonyl (C=O) groups is 1. The summed E-state index contributed by atoms with van der Waals surface area (Å²) < 4.78 is 10.4. The summed E-state index contributed by atoms with van der Waals surface area (Å²) in [4.78, 5) is 16.4. The smallest absolute Gasteiger partial charge is 0.226 e. The molecule has 0 aliphatic carbocycles. The van der Waals surface area contributed by atoms with Crippen LogP contribution in [0, 0.1) is 5.92 Å². The Hall–Kier alpha value is -2.12. The first kappa shape index (κ1) is 22.9. The molecule has 1 atom stereocenters. The highest BCUT2D eigenvalue weighted by atomic mass is 35.5. The van der Waals surface area contributed by atoms with Crippen LogP contribution >= 0.6 is 12.4 Å². The van der Waals surface area contributed by atoms with Crippen LogP contribution in [0.1, 0.15) is 39.0 Å². The molecule has 27 heavy (non-hydrogen) atoms. The second-order valence-electron chi connectivity index (χ2n) is 6.72. The standard InChI is InChI=1S/C19H28N4O3.ClH/c1-13(2)11-15(12-20)21-17(24)5-4-6-18-22-19(23-26-18)14-7-9-16(25-3)10-8-14;/h7-10,13,15H,4-6,11-12,20H2,1-3H3,(H,21,24);1H. The number of methoxy groups -OCH3 is 1. The highest BCUT2D eigenvalue weighted by molar-refractivity contribution is 5.85. The highest BCUT2D eigenvalue weighted by Crippen LogP contribution is 2.20. The van der Waals surface area contributed by atoms with E-state index in [1.54, 1.807) is 7.11 Å². The molecule has 0 aliphatic rings. The molecule has 1 unspecified atom stereocenters. The number of hydrogen-bond donors (Lipinski definition) is 2. The van der Waals surface area contributed by atoms with E-state index < -0.39 is 0 Å². The Labute approximate surface area is 166 Å². The summed E-state index contributed by atoms with van der Waals surface area (Å²) in [6.45, 7) is 4.69. The van der Waals surface area contributed by atoms with Crippen molar-refractivity contribution in [3.8, 4) is 17.1 Å². The fraction of sp³-hybridized carbons (Fsp3) is 0.526. The minimum Gasteiger partial charge on any atom is -0.497 e. The van der Waals surface area contributed by atoms with Gasteiger partial charge in [-0.3, -0.25) is 4.79 Å². The van der Waals surface area contributed by atoms with Crippen LogP contribution < -0.4 is 15.8 Å². The van der Waals surface area contributed by atoms with E-state index in [4.69, 9.17) is 15.0 Å². The van der Waals surface area contributed by atoms with E-state index in [0.29, 0.717) is 43.4 Å². The molecule has 0 radical (unpaired) electrons. The second kappa shape index (κ2) is 11.6. The molecule has 2 rings (SSSR count). The number of aryl methyl sites for hydroxylation is 1. The molecule has 2 aromatic rings. The van der Waals surface area contributed by atoms with Crippen LogP contribution in [0.5, 0.6) is 5.75 Å². The second-order valence-corrected chi connectivity index (χ2v) is 6.72. The van der Waals surface area contributed by atoms with Crippen molar-refractivity contribution in [2.75, 3.05) is 13.7 Å². The number of nitrogens with one attached hydrogen (secondary N) is 1. The lowest BCUT2D eigenvalue weighted by molar-refractivity contribution is -0.121. The van der Waals surface area contributed by atoms with Crippen molar-refractivity contribution in [3.05, 3.63) is 30.2 Å². The van der Waals surface area contributed by atoms with Gasteiger partial charge in [0.05, 0.1) is 7.11 Å². The van der Waals surface area contributed by atoms with E-state index in [1.807, 2.05) is 24.3 Å². The fourth-order valence-corrected chi connectivity index (χ4v) is 2.70. The van der Waals surface area contributed by atoms with Crippen LogP contribution in [0.3, 0.4) is 0 Å². The summed E-state index contributed by atoms with van der Waals surface area (Å²) in [6.07, 6.45) is 2.51. The number of ether oxygens (including phenoxy) is 1. The summed E-state index contributed by atoms with van der Waals surface area (Å²) in [5, 5.41) is 6.97. The van der Waals surface area contributed by atoms with Gasteiger partial charge >= 0.3 is 0 Å². The van der Waals surface area contributed by atoms with Gasteiger partial charge < -0.3 is 20.3 Å². The number of halogens is 1. The third-order valence-corrected chi connectivity index (χ3v) is 4.02. The molecule has 0 aliphatic heterocycles. The molecule has 3 N–H and O–H groups in total. The predicted octanol–water partition coefficient (Wildman–Crippen LogP) is 2.98. The van der Waals surface area contributed by atoms with Gasteiger partial charge in [-0.25, -0.2) is 0 Å². The molecule has 7 nitrogen and oxygen atoms in total. The predicted molar refractivity (Wildman–Crippen MR) is 107 cm³/mol. The average molecular weight is 397 g/mol. The highest BCUT2D eigenvalue weighted by Gasteiger charge is 2.13. The van der Waals surface area contributed by atoms with Crippen molar-refractivity contribution in [2.45, 2.75) is 45.6 Å². The first-order valence-electron chi connectivity index (χ1n) is 8.98. The molecule has 0 fully saturated rings. The minimum absolute atomic E-state index is 0. The largest absolute Gasteiger partial charge is 0.497 e. The van der Waals surface area contributed by atoms with Gasteiger partial charge in [-0.2, -0.15) is 4.98 Å². The van der Waals surface area contributed by atoms with Gasteiger partial charge in [0, 0.05) is 31.0 Å². The first-order valence-corrected chi connectivity index (χ1v) is 8.98. The Balaban J connectivity index is 0.00000364. The molecule has 1 heterocycles. The van der Waals surface area contributed by atoms with Gasteiger partial charge in [0.2, 0.25) is 17.6 Å². The van der Waals surface area contributed by atoms with Gasteiger partial charge in [0.15, 0.2) is 0 Å². The molecular weight excluding hydrogens is 368 g/mol. The van der Waals surface area contributed by atoms with Gasteiger partial charge in [-0.15, -0.1) is 12.4 Å². The summed E-state index contributed by atoms with van der Waals surface area (Å²) in [7, 11) is 1.62. The zero-order valence-corrected chi connectivity index (χ0v) is 16.9. The zero-order valence-electron chi connectivity index (χ0n) is 16.1. The average Bonchev–Trinajstić information content (AvgIpc) is 3.09. The van der Waals surface area contributed by atoms with E-state index in [2.05, 4.69) is 29.3 Å². The van der Waals surface area contributed by atoms with Crippen LogP contribution in [0.2, 0.25) is 0 Å². The third kappa shape index (κ3) is 7.56. The number of carbonyl (C=O) groups excluding carboxylic acids is 1. The van der Waals surface area contributed by atoms with Crippen molar-refractivity contribution in [1.29, 1.82) is 0 Å². The summed E-state index contributed by atoms with van der Waals surface area (Å²) in [6, 6.07) is 7.49. The van der Waals surface area contributed by atoms with Gasteiger partial charge in [0.1, 0.15) is 5.75 Å². The summed E-state index contributed by atoms with van der Waals surface area (Å²) in [5.74, 6) is 2.35. The Morgan fingerprint density at radius 1 is 1.30 bits per heavy atom. The van der Waals surface area contributed by atoms with Gasteiger partial charge in [-0.1, -0.05) is 19.0 Å². The number of amides is 1. The number of hydrogen-bond acceptors (Lipinski definition) is 6. The molecule has 0 spiro atoms. The summed E-state index contributed by atoms with van der Waals surface area (Å²) in [5.41, 5.74) is 6.57. The van der Waals surface area contributed by atoms with E-state index in [0.717, 1.165) is 17.7 Å². The molecule has 150 valence electrons. The quantitative estimate of drug-likeness (QED) is 0.639. The lowest BCUT2D eigenvalue weighted by Gasteiger charge is -2.18. The Kier molecular flexibility index (Phi) is 9.82. The van der Waals surface area contributed by atoms with E-state index in [-0.39, 0.29) is 24.4 Å². The van der Waals surface area contributed by atoms with E-state index in [1.165, 1.54) is 0 Å². The van der Waals surface area contributed by atoms with Crippen LogP contribution in [0.15, 0.2) is 28.8 Å². The molecule has 1 aromatic heterocycles. The van der Waals surface area contributed by atoms with E-state index in [9.17, 15) is 4.79 Å². The molecule has 0 saturated heterocycles. The van der Waals surface area contributed by atoms with Gasteiger partial charge in [0.25, 0.3) is 0 Å². The number of aromatic nitrogens is 2. The van der Waals surface area contributed by atoms with Crippen LogP contribution in [-0.2, 0) is 11.2 Å². The lowest BCUT2D eigenvalue weighted by Crippen LogP contribution is -2.40. The molecule has 8 heteroatoms. The monoisotopic (exact) mass is 396 g/mol. The fourth-order valence-electron chi connectivity index (χ4n) is 2.70. The molecule has 0 saturated carbocycles. The summed E-state index contributed by atoms with van der Waals surface area (Å²) >= 11 is 0.